The summed E-state index contributed by atoms with van der Waals surface area (Å²) in [4.78, 5) is 2.45. The molecule has 21 heavy (non-hydrogen) atoms. The van der Waals surface area contributed by atoms with E-state index < -0.39 is 0 Å². The van der Waals surface area contributed by atoms with Gasteiger partial charge in [-0.05, 0) is 63.2 Å². The van der Waals surface area contributed by atoms with Crippen LogP contribution in [0, 0.1) is 5.92 Å². The van der Waals surface area contributed by atoms with Gasteiger partial charge in [0.1, 0.15) is 5.75 Å². The van der Waals surface area contributed by atoms with E-state index in [2.05, 4.69) is 68.1 Å². The Balaban J connectivity index is 2.10. The van der Waals surface area contributed by atoms with Gasteiger partial charge in [-0.3, -0.25) is 0 Å². The second-order valence-corrected chi connectivity index (χ2v) is 7.42. The second kappa shape index (κ2) is 7.84. The summed E-state index contributed by atoms with van der Waals surface area (Å²) in [5.41, 5.74) is 1.22. The van der Waals surface area contributed by atoms with Crippen LogP contribution in [0.3, 0.4) is 0 Å². The van der Waals surface area contributed by atoms with Gasteiger partial charge in [-0.15, -0.1) is 0 Å². The summed E-state index contributed by atoms with van der Waals surface area (Å²) in [6.07, 6.45) is 2.38. The third-order valence-electron chi connectivity index (χ3n) is 4.12. The van der Waals surface area contributed by atoms with Crippen LogP contribution < -0.4 is 15.0 Å². The highest BCUT2D eigenvalue weighted by Crippen LogP contribution is 2.38. The van der Waals surface area contributed by atoms with E-state index in [1.165, 1.54) is 18.5 Å². The molecule has 3 nitrogen and oxygen atoms in total. The van der Waals surface area contributed by atoms with E-state index in [1.54, 1.807) is 7.11 Å². The van der Waals surface area contributed by atoms with Crippen LogP contribution in [0.4, 0.5) is 5.69 Å². The summed E-state index contributed by atoms with van der Waals surface area (Å²) < 4.78 is 7.52. The third-order valence-corrected chi connectivity index (χ3v) is 5.38. The molecule has 0 saturated carbocycles. The van der Waals surface area contributed by atoms with Crippen LogP contribution in [0.5, 0.6) is 5.75 Å². The fraction of sp³-hybridized carbons (Fsp3) is 0.625. The molecule has 0 aromatic heterocycles. The van der Waals surface area contributed by atoms with E-state index in [0.29, 0.717) is 12.0 Å². The smallest absolute Gasteiger partial charge is 0.135 e. The van der Waals surface area contributed by atoms with Crippen LogP contribution >= 0.6 is 31.9 Å². The molecule has 0 bridgehead atoms. The van der Waals surface area contributed by atoms with Crippen LogP contribution in [0.2, 0.25) is 0 Å². The Morgan fingerprint density at radius 3 is 2.71 bits per heavy atom. The van der Waals surface area contributed by atoms with Crippen LogP contribution in [-0.4, -0.2) is 32.8 Å². The van der Waals surface area contributed by atoms with E-state index >= 15 is 0 Å². The van der Waals surface area contributed by atoms with Crippen molar-refractivity contribution in [1.82, 2.24) is 5.32 Å². The summed E-state index contributed by atoms with van der Waals surface area (Å²) in [6, 6.07) is 4.82. The predicted molar refractivity (Wildman–Crippen MR) is 96.5 cm³/mol. The maximum absolute atomic E-state index is 5.43. The number of piperidine rings is 1. The van der Waals surface area contributed by atoms with E-state index in [0.717, 1.165) is 34.3 Å². The Bertz CT molecular complexity index is 482. The Hall–Kier alpha value is -0.260. The first-order chi connectivity index (χ1) is 10.1. The molecule has 1 aliphatic rings. The zero-order chi connectivity index (χ0) is 15.4. The molecule has 0 amide bonds. The number of rotatable bonds is 5. The van der Waals surface area contributed by atoms with Gasteiger partial charge in [-0.2, -0.15) is 0 Å². The minimum absolute atomic E-state index is 0.636. The van der Waals surface area contributed by atoms with Crippen molar-refractivity contribution in [2.75, 3.05) is 31.6 Å². The fourth-order valence-electron chi connectivity index (χ4n) is 2.91. The number of halogens is 2. The number of hydrogen-bond donors (Lipinski definition) is 1. The number of nitrogens with one attached hydrogen (secondary N) is 1. The molecule has 1 fully saturated rings. The Morgan fingerprint density at radius 1 is 1.33 bits per heavy atom. The molecular weight excluding hydrogens is 396 g/mol. The summed E-state index contributed by atoms with van der Waals surface area (Å²) in [7, 11) is 1.71. The van der Waals surface area contributed by atoms with Crippen molar-refractivity contribution < 1.29 is 4.74 Å². The van der Waals surface area contributed by atoms with Crippen molar-refractivity contribution in [1.29, 1.82) is 0 Å². The lowest BCUT2D eigenvalue weighted by Crippen LogP contribution is -2.48. The molecule has 0 radical (unpaired) electrons. The summed E-state index contributed by atoms with van der Waals surface area (Å²) in [6.45, 7) is 7.83. The normalized spacial score (nSPS) is 22.4. The Labute approximate surface area is 144 Å². The molecule has 1 saturated heterocycles. The van der Waals surface area contributed by atoms with E-state index in [-0.39, 0.29) is 0 Å². The van der Waals surface area contributed by atoms with Crippen molar-refractivity contribution >= 4 is 37.5 Å². The molecule has 0 spiro atoms. The molecule has 2 atom stereocenters. The molecule has 1 heterocycles. The zero-order valence-electron chi connectivity index (χ0n) is 13.0. The van der Waals surface area contributed by atoms with Crippen LogP contribution in [0.1, 0.15) is 26.7 Å². The fourth-order valence-corrected chi connectivity index (χ4v) is 4.32. The van der Waals surface area contributed by atoms with E-state index in [1.807, 2.05) is 0 Å². The number of benzene rings is 1. The Kier molecular flexibility index (Phi) is 6.38. The van der Waals surface area contributed by atoms with Gasteiger partial charge in [-0.1, -0.05) is 13.8 Å². The quantitative estimate of drug-likeness (QED) is 0.763. The average molecular weight is 420 g/mol. The molecule has 118 valence electrons. The first-order valence-electron chi connectivity index (χ1n) is 7.58. The number of hydrogen-bond acceptors (Lipinski definition) is 3. The van der Waals surface area contributed by atoms with Crippen LogP contribution in [0.15, 0.2) is 21.1 Å². The minimum Gasteiger partial charge on any atom is -0.495 e. The lowest BCUT2D eigenvalue weighted by molar-refractivity contribution is 0.322. The highest BCUT2D eigenvalue weighted by atomic mass is 79.9. The first-order valence-corrected chi connectivity index (χ1v) is 9.16. The average Bonchev–Trinajstić information content (AvgIpc) is 2.46. The second-order valence-electron chi connectivity index (χ2n) is 5.71. The number of anilines is 1. The van der Waals surface area contributed by atoms with Crippen molar-refractivity contribution in [2.45, 2.75) is 32.7 Å². The van der Waals surface area contributed by atoms with Crippen molar-refractivity contribution in [2.24, 2.45) is 5.92 Å². The van der Waals surface area contributed by atoms with Gasteiger partial charge in [0.15, 0.2) is 0 Å². The summed E-state index contributed by atoms with van der Waals surface area (Å²) >= 11 is 7.21. The third kappa shape index (κ3) is 4.14. The topological polar surface area (TPSA) is 24.5 Å². The van der Waals surface area contributed by atoms with Crippen LogP contribution in [0.25, 0.3) is 0 Å². The number of nitrogens with zero attached hydrogens (tertiary/aromatic N) is 1. The van der Waals surface area contributed by atoms with Gasteiger partial charge in [0.25, 0.3) is 0 Å². The van der Waals surface area contributed by atoms with Gasteiger partial charge in [0.05, 0.1) is 17.3 Å². The Morgan fingerprint density at radius 2 is 2.10 bits per heavy atom. The molecule has 1 aromatic rings. The number of ether oxygens (including phenoxy) is 1. The lowest BCUT2D eigenvalue weighted by atomic mass is 9.93. The lowest BCUT2D eigenvalue weighted by Gasteiger charge is -2.39. The monoisotopic (exact) mass is 418 g/mol. The van der Waals surface area contributed by atoms with Gasteiger partial charge in [-0.25, -0.2) is 0 Å². The molecule has 0 aliphatic carbocycles. The van der Waals surface area contributed by atoms with Crippen molar-refractivity contribution in [3.8, 4) is 5.75 Å². The van der Waals surface area contributed by atoms with Crippen molar-refractivity contribution in [3.63, 3.8) is 0 Å². The highest BCUT2D eigenvalue weighted by molar-refractivity contribution is 9.11. The van der Waals surface area contributed by atoms with Gasteiger partial charge < -0.3 is 15.0 Å². The molecule has 1 N–H and O–H groups in total. The van der Waals surface area contributed by atoms with E-state index in [9.17, 15) is 0 Å². The van der Waals surface area contributed by atoms with Gasteiger partial charge in [0, 0.05) is 29.7 Å². The zero-order valence-corrected chi connectivity index (χ0v) is 16.1. The molecule has 5 heteroatoms. The maximum atomic E-state index is 5.43. The highest BCUT2D eigenvalue weighted by Gasteiger charge is 2.27. The first kappa shape index (κ1) is 17.1. The summed E-state index contributed by atoms with van der Waals surface area (Å²) in [5, 5.41) is 3.67. The van der Waals surface area contributed by atoms with Crippen LogP contribution in [-0.2, 0) is 0 Å². The predicted octanol–water partition coefficient (Wildman–Crippen LogP) is 4.43. The maximum Gasteiger partial charge on any atom is 0.135 e. The largest absolute Gasteiger partial charge is 0.495 e. The molecule has 2 unspecified atom stereocenters. The van der Waals surface area contributed by atoms with Gasteiger partial charge >= 0.3 is 0 Å². The molecule has 1 aliphatic heterocycles. The molecule has 2 rings (SSSR count). The SMILES string of the molecule is CCCNC1CCN(c2cc(OC)c(Br)cc2Br)CC1C. The summed E-state index contributed by atoms with van der Waals surface area (Å²) in [5.74, 6) is 1.53. The van der Waals surface area contributed by atoms with E-state index in [4.69, 9.17) is 4.74 Å². The molecule has 1 aromatic carbocycles. The van der Waals surface area contributed by atoms with Gasteiger partial charge in [0.2, 0.25) is 0 Å². The molecular formula is C16H24Br2N2O. The number of methoxy groups -OCH3 is 1. The van der Waals surface area contributed by atoms with Crippen molar-refractivity contribution in [3.05, 3.63) is 21.1 Å². The minimum atomic E-state index is 0.636. The standard InChI is InChI=1S/C16H24Br2N2O/c1-4-6-19-14-5-7-20(10-11(14)2)15-9-16(21-3)13(18)8-12(15)17/h8-9,11,14,19H,4-7,10H2,1-3H3.